The van der Waals surface area contributed by atoms with Crippen molar-refractivity contribution in [1.29, 1.82) is 0 Å². The lowest BCUT2D eigenvalue weighted by atomic mass is 10.2. The number of benzene rings is 3. The molecule has 0 atom stereocenters. The number of anilines is 1. The first-order chi connectivity index (χ1) is 16.4. The Balaban J connectivity index is 1.66. The molecular weight excluding hydrogens is 481 g/mol. The molecule has 174 valence electrons. The van der Waals surface area contributed by atoms with E-state index in [9.17, 15) is 14.4 Å². The van der Waals surface area contributed by atoms with Crippen LogP contribution in [0, 0.1) is 0 Å². The van der Waals surface area contributed by atoms with Crippen molar-refractivity contribution in [1.82, 2.24) is 5.43 Å². The number of nitrogens with zero attached hydrogens (tertiary/aromatic N) is 1. The maximum Gasteiger partial charge on any atom is 0.345 e. The Morgan fingerprint density at radius 3 is 2.41 bits per heavy atom. The van der Waals surface area contributed by atoms with Gasteiger partial charge >= 0.3 is 17.8 Å². The number of hydrazone groups is 1. The fraction of sp³-hybridized carbons (Fsp3) is 0.0833. The molecule has 0 unspecified atom stereocenters. The zero-order valence-corrected chi connectivity index (χ0v) is 19.4. The van der Waals surface area contributed by atoms with Gasteiger partial charge in [0.25, 0.3) is 0 Å². The summed E-state index contributed by atoms with van der Waals surface area (Å²) in [6.07, 6.45) is 1.32. The molecule has 34 heavy (non-hydrogen) atoms. The average Bonchev–Trinajstić information content (AvgIpc) is 2.81. The number of carbonyl (C=O) groups is 3. The molecule has 3 rings (SSSR count). The number of hydrogen-bond acceptors (Lipinski definition) is 6. The van der Waals surface area contributed by atoms with Gasteiger partial charge in [-0.3, -0.25) is 9.59 Å². The van der Waals surface area contributed by atoms with E-state index in [1.807, 2.05) is 0 Å². The van der Waals surface area contributed by atoms with Crippen molar-refractivity contribution in [2.24, 2.45) is 5.10 Å². The van der Waals surface area contributed by atoms with Gasteiger partial charge in [-0.2, -0.15) is 5.10 Å². The number of amides is 2. The van der Waals surface area contributed by atoms with Crippen LogP contribution in [0.2, 0.25) is 10.0 Å². The van der Waals surface area contributed by atoms with Crippen LogP contribution in [-0.2, 0) is 9.59 Å². The molecule has 3 aromatic carbocycles. The summed E-state index contributed by atoms with van der Waals surface area (Å²) in [5.41, 5.74) is 3.31. The maximum atomic E-state index is 12.5. The van der Waals surface area contributed by atoms with E-state index in [2.05, 4.69) is 15.8 Å². The third kappa shape index (κ3) is 6.81. The van der Waals surface area contributed by atoms with Gasteiger partial charge in [0.1, 0.15) is 0 Å². The van der Waals surface area contributed by atoms with Crippen molar-refractivity contribution >= 4 is 52.9 Å². The molecule has 2 amide bonds. The summed E-state index contributed by atoms with van der Waals surface area (Å²) in [6, 6.07) is 17.7. The van der Waals surface area contributed by atoms with Crippen molar-refractivity contribution < 1.29 is 23.9 Å². The fourth-order valence-corrected chi connectivity index (χ4v) is 3.18. The highest BCUT2D eigenvalue weighted by Gasteiger charge is 2.17. The number of rotatable bonds is 7. The van der Waals surface area contributed by atoms with E-state index < -0.39 is 17.8 Å². The van der Waals surface area contributed by atoms with E-state index in [0.29, 0.717) is 22.9 Å². The van der Waals surface area contributed by atoms with Crippen LogP contribution in [0.3, 0.4) is 0 Å². The lowest BCUT2D eigenvalue weighted by molar-refractivity contribution is -0.136. The monoisotopic (exact) mass is 499 g/mol. The molecule has 0 aliphatic heterocycles. The average molecular weight is 500 g/mol. The van der Waals surface area contributed by atoms with Crippen molar-refractivity contribution in [2.75, 3.05) is 11.9 Å². The number of esters is 1. The van der Waals surface area contributed by atoms with Gasteiger partial charge in [0.15, 0.2) is 11.5 Å². The van der Waals surface area contributed by atoms with E-state index >= 15 is 0 Å². The molecule has 0 aliphatic rings. The summed E-state index contributed by atoms with van der Waals surface area (Å²) in [4.78, 5) is 36.4. The van der Waals surface area contributed by atoms with E-state index in [0.717, 1.165) is 0 Å². The first-order valence-corrected chi connectivity index (χ1v) is 10.8. The number of para-hydroxylation sites is 1. The highest BCUT2D eigenvalue weighted by molar-refractivity contribution is 6.39. The second-order valence-corrected chi connectivity index (χ2v) is 7.52. The van der Waals surface area contributed by atoms with Crippen molar-refractivity contribution in [3.63, 3.8) is 0 Å². The third-order valence-electron chi connectivity index (χ3n) is 4.24. The zero-order chi connectivity index (χ0) is 24.5. The molecule has 3 aromatic rings. The summed E-state index contributed by atoms with van der Waals surface area (Å²) < 4.78 is 11.0. The lowest BCUT2D eigenvalue weighted by Gasteiger charge is -2.12. The molecule has 0 saturated carbocycles. The van der Waals surface area contributed by atoms with Gasteiger partial charge in [0.2, 0.25) is 0 Å². The molecule has 0 aromatic heterocycles. The minimum Gasteiger partial charge on any atom is -0.490 e. The predicted molar refractivity (Wildman–Crippen MR) is 130 cm³/mol. The van der Waals surface area contributed by atoms with Crippen LogP contribution < -0.4 is 20.2 Å². The molecule has 0 fully saturated rings. The summed E-state index contributed by atoms with van der Waals surface area (Å²) >= 11 is 11.9. The fourth-order valence-electron chi connectivity index (χ4n) is 2.69. The number of halogens is 2. The highest BCUT2D eigenvalue weighted by atomic mass is 35.5. The van der Waals surface area contributed by atoms with Crippen molar-refractivity contribution in [3.05, 3.63) is 87.9 Å². The number of hydrogen-bond donors (Lipinski definition) is 2. The van der Waals surface area contributed by atoms with Gasteiger partial charge < -0.3 is 14.8 Å². The van der Waals surface area contributed by atoms with Crippen LogP contribution in [0.15, 0.2) is 71.8 Å². The molecule has 0 radical (unpaired) electrons. The molecule has 8 nitrogen and oxygen atoms in total. The molecule has 2 N–H and O–H groups in total. The lowest BCUT2D eigenvalue weighted by Crippen LogP contribution is -2.32. The molecular formula is C24H19Cl2N3O5. The number of ether oxygens (including phenoxy) is 2. The second kappa shape index (κ2) is 11.8. The van der Waals surface area contributed by atoms with Crippen LogP contribution in [0.5, 0.6) is 11.5 Å². The van der Waals surface area contributed by atoms with Gasteiger partial charge in [-0.05, 0) is 61.0 Å². The quantitative estimate of drug-likeness (QED) is 0.161. The minimum absolute atomic E-state index is 0.149. The van der Waals surface area contributed by atoms with Crippen LogP contribution in [-0.4, -0.2) is 30.6 Å². The minimum atomic E-state index is -0.935. The van der Waals surface area contributed by atoms with E-state index in [1.165, 1.54) is 30.5 Å². The third-order valence-corrected chi connectivity index (χ3v) is 4.79. The Bertz CT molecular complexity index is 1230. The van der Waals surface area contributed by atoms with Crippen LogP contribution in [0.25, 0.3) is 0 Å². The first kappa shape index (κ1) is 24.8. The Morgan fingerprint density at radius 1 is 0.941 bits per heavy atom. The molecule has 0 spiro atoms. The summed E-state index contributed by atoms with van der Waals surface area (Å²) in [5, 5.41) is 6.79. The maximum absolute atomic E-state index is 12.5. The summed E-state index contributed by atoms with van der Waals surface area (Å²) in [5.74, 6) is -2.03. The molecule has 0 aliphatic carbocycles. The molecule has 10 heteroatoms. The van der Waals surface area contributed by atoms with E-state index in [4.69, 9.17) is 32.7 Å². The van der Waals surface area contributed by atoms with E-state index in [-0.39, 0.29) is 22.1 Å². The van der Waals surface area contributed by atoms with Gasteiger partial charge in [0.05, 0.1) is 23.4 Å². The molecule has 0 saturated heterocycles. The van der Waals surface area contributed by atoms with Gasteiger partial charge in [-0.15, -0.1) is 0 Å². The zero-order valence-electron chi connectivity index (χ0n) is 17.9. The highest BCUT2D eigenvalue weighted by Crippen LogP contribution is 2.30. The van der Waals surface area contributed by atoms with Gasteiger partial charge in [-0.1, -0.05) is 41.4 Å². The molecule has 0 bridgehead atoms. The van der Waals surface area contributed by atoms with Crippen LogP contribution in [0.4, 0.5) is 5.69 Å². The largest absolute Gasteiger partial charge is 0.490 e. The SMILES string of the molecule is CCOc1cc(/C=N/NC(=O)C(=O)Nc2ccccc2)ccc1OC(=O)c1ccc(Cl)cc1Cl. The Kier molecular flexibility index (Phi) is 8.61. The van der Waals surface area contributed by atoms with Gasteiger partial charge in [-0.25, -0.2) is 10.2 Å². The topological polar surface area (TPSA) is 106 Å². The summed E-state index contributed by atoms with van der Waals surface area (Å²) in [6.45, 7) is 2.08. The van der Waals surface area contributed by atoms with Crippen LogP contribution in [0.1, 0.15) is 22.8 Å². The van der Waals surface area contributed by atoms with E-state index in [1.54, 1.807) is 49.4 Å². The summed E-state index contributed by atoms with van der Waals surface area (Å²) in [7, 11) is 0. The Hall–Kier alpha value is -3.88. The second-order valence-electron chi connectivity index (χ2n) is 6.67. The van der Waals surface area contributed by atoms with Gasteiger partial charge in [0, 0.05) is 10.7 Å². The predicted octanol–water partition coefficient (Wildman–Crippen LogP) is 4.70. The normalized spacial score (nSPS) is 10.6. The Morgan fingerprint density at radius 2 is 1.71 bits per heavy atom. The van der Waals surface area contributed by atoms with Crippen molar-refractivity contribution in [2.45, 2.75) is 6.92 Å². The van der Waals surface area contributed by atoms with Crippen LogP contribution >= 0.6 is 23.2 Å². The van der Waals surface area contributed by atoms with Crippen molar-refractivity contribution in [3.8, 4) is 11.5 Å². The molecule has 0 heterocycles. The smallest absolute Gasteiger partial charge is 0.345 e. The first-order valence-electron chi connectivity index (χ1n) is 10.0. The number of carbonyl (C=O) groups excluding carboxylic acids is 3. The number of nitrogens with one attached hydrogen (secondary N) is 2. The standard InChI is InChI=1S/C24H19Cl2N3O5/c1-2-33-21-12-15(14-27-29-23(31)22(30)28-17-6-4-3-5-7-17)8-11-20(21)34-24(32)18-10-9-16(25)13-19(18)26/h3-14H,2H2,1H3,(H,28,30)(H,29,31)/b27-14+. The Labute approximate surface area is 205 Å².